The summed E-state index contributed by atoms with van der Waals surface area (Å²) >= 11 is 2.39. The van der Waals surface area contributed by atoms with Crippen molar-refractivity contribution in [2.24, 2.45) is 0 Å². The number of carbonyl (C=O) groups is 1. The minimum atomic E-state index is -0.0324. The molecule has 3 aromatic rings. The molecule has 0 radical (unpaired) electrons. The molecule has 4 heteroatoms. The van der Waals surface area contributed by atoms with E-state index in [1.165, 1.54) is 14.7 Å². The molecule has 2 aromatic carbocycles. The predicted octanol–water partition coefficient (Wildman–Crippen LogP) is 5.40. The van der Waals surface area contributed by atoms with Gasteiger partial charge in [-0.2, -0.15) is 0 Å². The number of hydrogen-bond donors (Lipinski definition) is 1. The fourth-order valence-corrected chi connectivity index (χ4v) is 4.95. The van der Waals surface area contributed by atoms with Gasteiger partial charge in [0.1, 0.15) is 0 Å². The first-order valence-electron chi connectivity index (χ1n) is 8.89. The van der Waals surface area contributed by atoms with Crippen LogP contribution < -0.4 is 5.32 Å². The molecular formula is C22H17IN2O. The van der Waals surface area contributed by atoms with E-state index in [9.17, 15) is 4.79 Å². The van der Waals surface area contributed by atoms with Crippen LogP contribution in [0.3, 0.4) is 0 Å². The largest absolute Gasteiger partial charge is 0.358 e. The Balaban J connectivity index is 1.87. The van der Waals surface area contributed by atoms with Gasteiger partial charge in [-0.05, 0) is 70.8 Å². The fourth-order valence-electron chi connectivity index (χ4n) is 4.25. The average Bonchev–Trinajstić information content (AvgIpc) is 2.67. The maximum atomic E-state index is 13.0. The van der Waals surface area contributed by atoms with E-state index in [1.807, 2.05) is 12.3 Å². The van der Waals surface area contributed by atoms with E-state index in [0.717, 1.165) is 40.7 Å². The number of fused-ring (bicyclic) bond motifs is 3. The second-order valence-corrected chi connectivity index (χ2v) is 8.01. The van der Waals surface area contributed by atoms with Crippen molar-refractivity contribution in [3.05, 3.63) is 80.7 Å². The van der Waals surface area contributed by atoms with Gasteiger partial charge in [-0.1, -0.05) is 24.3 Å². The van der Waals surface area contributed by atoms with Gasteiger partial charge in [0.15, 0.2) is 5.78 Å². The Morgan fingerprint density at radius 1 is 1.04 bits per heavy atom. The van der Waals surface area contributed by atoms with Crippen LogP contribution in [0.2, 0.25) is 0 Å². The summed E-state index contributed by atoms with van der Waals surface area (Å²) in [4.78, 5) is 17.5. The summed E-state index contributed by atoms with van der Waals surface area (Å²) in [5.41, 5.74) is 6.49. The summed E-state index contributed by atoms with van der Waals surface area (Å²) in [5, 5.41) is 4.69. The molecule has 0 spiro atoms. The Morgan fingerprint density at radius 2 is 1.92 bits per heavy atom. The molecule has 0 bridgehead atoms. The molecule has 0 fully saturated rings. The number of benzene rings is 2. The summed E-state index contributed by atoms with van der Waals surface area (Å²) in [6, 6.07) is 16.7. The number of carbonyl (C=O) groups excluding carboxylic acids is 1. The number of nitrogens with one attached hydrogen (secondary N) is 1. The van der Waals surface area contributed by atoms with E-state index >= 15 is 0 Å². The number of Topliss-reactive ketones (excluding diaryl/α,β-unsaturated/α-hetero) is 1. The SMILES string of the molecule is O=C1CCCC2=C1C(c1ccccc1I)c1c(ccc3ncccc13)N2. The third kappa shape index (κ3) is 2.39. The molecule has 0 saturated heterocycles. The molecule has 2 aliphatic rings. The molecule has 1 atom stereocenters. The van der Waals surface area contributed by atoms with Gasteiger partial charge in [-0.3, -0.25) is 9.78 Å². The molecule has 128 valence electrons. The Kier molecular flexibility index (Phi) is 3.81. The topological polar surface area (TPSA) is 42.0 Å². The van der Waals surface area contributed by atoms with Crippen LogP contribution in [0, 0.1) is 3.57 Å². The number of anilines is 1. The molecule has 1 aliphatic carbocycles. The van der Waals surface area contributed by atoms with Crippen LogP contribution in [-0.4, -0.2) is 10.8 Å². The Bertz CT molecular complexity index is 1090. The van der Waals surface area contributed by atoms with Crippen LogP contribution in [0.1, 0.15) is 36.3 Å². The van der Waals surface area contributed by atoms with Gasteiger partial charge in [0.05, 0.1) is 5.52 Å². The lowest BCUT2D eigenvalue weighted by Gasteiger charge is -2.35. The van der Waals surface area contributed by atoms with Crippen molar-refractivity contribution < 1.29 is 4.79 Å². The van der Waals surface area contributed by atoms with E-state index < -0.39 is 0 Å². The molecular weight excluding hydrogens is 435 g/mol. The van der Waals surface area contributed by atoms with Crippen LogP contribution in [-0.2, 0) is 4.79 Å². The fraction of sp³-hybridized carbons (Fsp3) is 0.182. The van der Waals surface area contributed by atoms with Crippen LogP contribution >= 0.6 is 22.6 Å². The summed E-state index contributed by atoms with van der Waals surface area (Å²) in [5.74, 6) is 0.241. The highest BCUT2D eigenvalue weighted by atomic mass is 127. The van der Waals surface area contributed by atoms with Crippen LogP contribution in [0.4, 0.5) is 5.69 Å². The molecule has 3 nitrogen and oxygen atoms in total. The van der Waals surface area contributed by atoms with Gasteiger partial charge in [-0.15, -0.1) is 0 Å². The van der Waals surface area contributed by atoms with Crippen molar-refractivity contribution in [3.8, 4) is 0 Å². The van der Waals surface area contributed by atoms with Crippen molar-refractivity contribution in [1.82, 2.24) is 4.98 Å². The zero-order chi connectivity index (χ0) is 17.7. The molecule has 0 amide bonds. The third-order valence-electron chi connectivity index (χ3n) is 5.36. The Labute approximate surface area is 165 Å². The van der Waals surface area contributed by atoms with E-state index in [4.69, 9.17) is 0 Å². The Hall–Kier alpha value is -2.21. The number of nitrogens with zero attached hydrogens (tertiary/aromatic N) is 1. The van der Waals surface area contributed by atoms with Crippen LogP contribution in [0.15, 0.2) is 66.0 Å². The second kappa shape index (κ2) is 6.20. The first-order valence-corrected chi connectivity index (χ1v) is 9.97. The number of hydrogen-bond acceptors (Lipinski definition) is 3. The minimum Gasteiger partial charge on any atom is -0.358 e. The van der Waals surface area contributed by atoms with Gasteiger partial charge in [0, 0.05) is 44.4 Å². The molecule has 26 heavy (non-hydrogen) atoms. The molecule has 5 rings (SSSR count). The standard InChI is InChI=1S/C22H17IN2O/c23-15-7-2-1-5-13(15)21-20-14-6-4-12-24-16(14)10-11-18(20)25-17-8-3-9-19(26)22(17)21/h1-2,4-7,10-12,21,25H,3,8-9H2. The third-order valence-corrected chi connectivity index (χ3v) is 6.34. The van der Waals surface area contributed by atoms with Crippen molar-refractivity contribution in [3.63, 3.8) is 0 Å². The van der Waals surface area contributed by atoms with Gasteiger partial charge in [0.2, 0.25) is 0 Å². The first kappa shape index (κ1) is 16.0. The zero-order valence-corrected chi connectivity index (χ0v) is 16.3. The summed E-state index contributed by atoms with van der Waals surface area (Å²) in [6.07, 6.45) is 4.32. The zero-order valence-electron chi connectivity index (χ0n) is 14.1. The lowest BCUT2D eigenvalue weighted by Crippen LogP contribution is -2.27. The minimum absolute atomic E-state index is 0.0324. The lowest BCUT2D eigenvalue weighted by molar-refractivity contribution is -0.116. The maximum Gasteiger partial charge on any atom is 0.161 e. The number of ketones is 1. The molecule has 1 aliphatic heterocycles. The second-order valence-electron chi connectivity index (χ2n) is 6.85. The summed E-state index contributed by atoms with van der Waals surface area (Å²) in [7, 11) is 0. The van der Waals surface area contributed by atoms with Crippen molar-refractivity contribution in [2.45, 2.75) is 25.2 Å². The highest BCUT2D eigenvalue weighted by Gasteiger charge is 2.36. The van der Waals surface area contributed by atoms with Gasteiger partial charge >= 0.3 is 0 Å². The maximum absolute atomic E-state index is 13.0. The van der Waals surface area contributed by atoms with Crippen molar-refractivity contribution in [2.75, 3.05) is 5.32 Å². The monoisotopic (exact) mass is 452 g/mol. The van der Waals surface area contributed by atoms with Gasteiger partial charge in [0.25, 0.3) is 0 Å². The first-order chi connectivity index (χ1) is 12.7. The summed E-state index contributed by atoms with van der Waals surface area (Å²) < 4.78 is 1.19. The van der Waals surface area contributed by atoms with E-state index in [0.29, 0.717) is 6.42 Å². The number of pyridine rings is 1. The van der Waals surface area contributed by atoms with Gasteiger partial charge < -0.3 is 5.32 Å². The number of aromatic nitrogens is 1. The lowest BCUT2D eigenvalue weighted by atomic mass is 9.74. The quantitative estimate of drug-likeness (QED) is 0.503. The highest BCUT2D eigenvalue weighted by molar-refractivity contribution is 14.1. The number of rotatable bonds is 1. The average molecular weight is 452 g/mol. The molecule has 2 heterocycles. The van der Waals surface area contributed by atoms with Crippen LogP contribution in [0.25, 0.3) is 10.9 Å². The van der Waals surface area contributed by atoms with E-state index in [1.54, 1.807) is 0 Å². The van der Waals surface area contributed by atoms with Crippen molar-refractivity contribution in [1.29, 1.82) is 0 Å². The van der Waals surface area contributed by atoms with Crippen LogP contribution in [0.5, 0.6) is 0 Å². The summed E-state index contributed by atoms with van der Waals surface area (Å²) in [6.45, 7) is 0. The van der Waals surface area contributed by atoms with Gasteiger partial charge in [-0.25, -0.2) is 0 Å². The molecule has 0 saturated carbocycles. The highest BCUT2D eigenvalue weighted by Crippen LogP contribution is 2.48. The number of halogens is 1. The molecule has 1 unspecified atom stereocenters. The van der Waals surface area contributed by atoms with E-state index in [2.05, 4.69) is 75.4 Å². The van der Waals surface area contributed by atoms with Crippen molar-refractivity contribution >= 4 is 45.0 Å². The predicted molar refractivity (Wildman–Crippen MR) is 112 cm³/mol. The smallest absolute Gasteiger partial charge is 0.161 e. The molecule has 1 N–H and O–H groups in total. The number of allylic oxidation sites excluding steroid dienone is 2. The Morgan fingerprint density at radius 3 is 2.81 bits per heavy atom. The van der Waals surface area contributed by atoms with E-state index in [-0.39, 0.29) is 11.7 Å². The molecule has 1 aromatic heterocycles. The normalized spacial score (nSPS) is 19.1.